The van der Waals surface area contributed by atoms with Crippen LogP contribution in [0.1, 0.15) is 19.3 Å². The highest BCUT2D eigenvalue weighted by atomic mass is 35.7. The van der Waals surface area contributed by atoms with Crippen LogP contribution in [0, 0.1) is 5.92 Å². The van der Waals surface area contributed by atoms with Gasteiger partial charge in [-0.1, -0.05) is 17.8 Å². The molecule has 0 aliphatic heterocycles. The summed E-state index contributed by atoms with van der Waals surface area (Å²) in [5, 5.41) is 2.86. The molecule has 0 saturated heterocycles. The Morgan fingerprint density at radius 2 is 2.25 bits per heavy atom. The minimum atomic E-state index is -3.75. The van der Waals surface area contributed by atoms with E-state index in [0.717, 1.165) is 36.8 Å². The number of rotatable bonds is 3. The molecule has 1 aliphatic carbocycles. The third kappa shape index (κ3) is 2.53. The lowest BCUT2D eigenvalue weighted by atomic mass is 9.85. The molecule has 1 aromatic heterocycles. The maximum Gasteiger partial charge on any atom is 0.272 e. The largest absolute Gasteiger partial charge is 0.302 e. The molecule has 1 aromatic rings. The molecule has 5 nitrogen and oxygen atoms in total. The molecule has 0 unspecified atom stereocenters. The number of amides is 1. The molecule has 1 amide bonds. The number of nitrogens with zero attached hydrogens (tertiary/aromatic N) is 1. The Kier molecular flexibility index (Phi) is 3.18. The molecular weight excluding hydrogens is 272 g/mol. The normalized spacial score (nSPS) is 16.8. The van der Waals surface area contributed by atoms with Crippen LogP contribution in [0.25, 0.3) is 0 Å². The number of nitrogens with one attached hydrogen (secondary N) is 1. The van der Waals surface area contributed by atoms with Crippen molar-refractivity contribution in [1.82, 2.24) is 4.98 Å². The highest BCUT2D eigenvalue weighted by molar-refractivity contribution is 8.15. The van der Waals surface area contributed by atoms with Crippen LogP contribution in [0.4, 0.5) is 5.13 Å². The molecule has 8 heteroatoms. The van der Waals surface area contributed by atoms with Crippen LogP contribution >= 0.6 is 22.0 Å². The Morgan fingerprint density at radius 1 is 1.56 bits per heavy atom. The highest BCUT2D eigenvalue weighted by Crippen LogP contribution is 2.30. The minimum absolute atomic E-state index is 0.0416. The predicted molar refractivity (Wildman–Crippen MR) is 61.1 cm³/mol. The van der Waals surface area contributed by atoms with E-state index in [1.807, 2.05) is 0 Å². The molecule has 0 aromatic carbocycles. The van der Waals surface area contributed by atoms with E-state index in [1.165, 1.54) is 0 Å². The Bertz CT molecular complexity index is 507. The number of thiazole rings is 1. The van der Waals surface area contributed by atoms with Gasteiger partial charge in [0, 0.05) is 16.6 Å². The molecule has 1 fully saturated rings. The van der Waals surface area contributed by atoms with E-state index in [1.54, 1.807) is 0 Å². The van der Waals surface area contributed by atoms with Crippen molar-refractivity contribution in [3.05, 3.63) is 6.20 Å². The smallest absolute Gasteiger partial charge is 0.272 e. The number of carbonyl (C=O) groups is 1. The molecule has 0 spiro atoms. The van der Waals surface area contributed by atoms with Gasteiger partial charge in [0.05, 0.1) is 6.20 Å². The minimum Gasteiger partial charge on any atom is -0.302 e. The third-order valence-electron chi connectivity index (χ3n) is 2.43. The van der Waals surface area contributed by atoms with Crippen LogP contribution in [0.15, 0.2) is 10.4 Å². The molecule has 0 radical (unpaired) electrons. The third-order valence-corrected chi connectivity index (χ3v) is 5.41. The molecule has 1 saturated carbocycles. The molecule has 2 rings (SSSR count). The van der Waals surface area contributed by atoms with Gasteiger partial charge in [-0.25, -0.2) is 13.4 Å². The number of halogens is 1. The summed E-state index contributed by atoms with van der Waals surface area (Å²) >= 11 is 0.857. The fourth-order valence-corrected chi connectivity index (χ4v) is 3.08. The summed E-state index contributed by atoms with van der Waals surface area (Å²) < 4.78 is 21.9. The lowest BCUT2D eigenvalue weighted by Crippen LogP contribution is -2.27. The first-order chi connectivity index (χ1) is 7.47. The molecule has 1 aliphatic rings. The summed E-state index contributed by atoms with van der Waals surface area (Å²) in [5.41, 5.74) is 0. The van der Waals surface area contributed by atoms with Gasteiger partial charge >= 0.3 is 0 Å². The summed E-state index contributed by atoms with van der Waals surface area (Å²) in [6.45, 7) is 0. The van der Waals surface area contributed by atoms with Crippen LogP contribution in [-0.4, -0.2) is 19.3 Å². The van der Waals surface area contributed by atoms with Crippen molar-refractivity contribution in [3.63, 3.8) is 0 Å². The van der Waals surface area contributed by atoms with Crippen molar-refractivity contribution in [2.45, 2.75) is 23.5 Å². The van der Waals surface area contributed by atoms with Gasteiger partial charge in [-0.2, -0.15) is 0 Å². The molecule has 88 valence electrons. The number of hydrogen-bond donors (Lipinski definition) is 1. The van der Waals surface area contributed by atoms with Gasteiger partial charge in [0.25, 0.3) is 9.05 Å². The highest BCUT2D eigenvalue weighted by Gasteiger charge is 2.26. The Balaban J connectivity index is 2.05. The zero-order chi connectivity index (χ0) is 11.8. The quantitative estimate of drug-likeness (QED) is 0.857. The van der Waals surface area contributed by atoms with Crippen LogP contribution in [0.2, 0.25) is 0 Å². The fourth-order valence-electron chi connectivity index (χ4n) is 1.31. The van der Waals surface area contributed by atoms with Crippen molar-refractivity contribution < 1.29 is 13.2 Å². The number of hydrogen-bond acceptors (Lipinski definition) is 5. The molecule has 16 heavy (non-hydrogen) atoms. The van der Waals surface area contributed by atoms with Gasteiger partial charge in [-0.15, -0.1) is 0 Å². The van der Waals surface area contributed by atoms with Crippen molar-refractivity contribution in [2.75, 3.05) is 5.32 Å². The Hall–Kier alpha value is -0.660. The zero-order valence-corrected chi connectivity index (χ0v) is 10.5. The lowest BCUT2D eigenvalue weighted by molar-refractivity contribution is -0.122. The van der Waals surface area contributed by atoms with Gasteiger partial charge in [-0.3, -0.25) is 4.79 Å². The van der Waals surface area contributed by atoms with Gasteiger partial charge in [-0.05, 0) is 12.8 Å². The number of carbonyl (C=O) groups excluding carboxylic acids is 1. The van der Waals surface area contributed by atoms with Crippen molar-refractivity contribution >= 4 is 42.1 Å². The predicted octanol–water partition coefficient (Wildman–Crippen LogP) is 1.81. The van der Waals surface area contributed by atoms with E-state index >= 15 is 0 Å². The van der Waals surface area contributed by atoms with Crippen molar-refractivity contribution in [2.24, 2.45) is 5.92 Å². The average molecular weight is 281 g/mol. The Morgan fingerprint density at radius 3 is 2.69 bits per heavy atom. The van der Waals surface area contributed by atoms with E-state index in [4.69, 9.17) is 10.7 Å². The molecule has 1 N–H and O–H groups in total. The number of aromatic nitrogens is 1. The van der Waals surface area contributed by atoms with Gasteiger partial charge < -0.3 is 5.32 Å². The first-order valence-corrected chi connectivity index (χ1v) is 7.81. The molecule has 1 heterocycles. The number of anilines is 1. The van der Waals surface area contributed by atoms with Crippen molar-refractivity contribution in [3.8, 4) is 0 Å². The van der Waals surface area contributed by atoms with Gasteiger partial charge in [0.1, 0.15) is 0 Å². The van der Waals surface area contributed by atoms with E-state index < -0.39 is 9.05 Å². The first kappa shape index (κ1) is 11.8. The summed E-state index contributed by atoms with van der Waals surface area (Å²) in [6.07, 6.45) is 3.98. The van der Waals surface area contributed by atoms with E-state index in [2.05, 4.69) is 10.3 Å². The summed E-state index contributed by atoms with van der Waals surface area (Å²) in [5.74, 6) is -0.0564. The van der Waals surface area contributed by atoms with Crippen LogP contribution < -0.4 is 5.32 Å². The maximum atomic E-state index is 11.5. The second kappa shape index (κ2) is 4.31. The van der Waals surface area contributed by atoms with Gasteiger partial charge in [0.2, 0.25) is 5.91 Å². The van der Waals surface area contributed by atoms with E-state index in [-0.39, 0.29) is 21.2 Å². The van der Waals surface area contributed by atoms with Crippen LogP contribution in [-0.2, 0) is 13.8 Å². The topological polar surface area (TPSA) is 76.1 Å². The van der Waals surface area contributed by atoms with Crippen LogP contribution in [0.3, 0.4) is 0 Å². The average Bonchev–Trinajstić information content (AvgIpc) is 2.47. The van der Waals surface area contributed by atoms with Crippen LogP contribution in [0.5, 0.6) is 0 Å². The summed E-state index contributed by atoms with van der Waals surface area (Å²) in [7, 11) is 1.39. The standard InChI is InChI=1S/C8H9ClN2O3S2/c9-16(13,14)6-4-10-8(15-6)11-7(12)5-2-1-3-5/h4-5H,1-3H2,(H,10,11,12). The van der Waals surface area contributed by atoms with E-state index in [0.29, 0.717) is 0 Å². The SMILES string of the molecule is O=C(Nc1ncc(S(=O)(=O)Cl)s1)C1CCC1. The van der Waals surface area contributed by atoms with E-state index in [9.17, 15) is 13.2 Å². The van der Waals surface area contributed by atoms with Crippen molar-refractivity contribution in [1.29, 1.82) is 0 Å². The molecule has 0 bridgehead atoms. The summed E-state index contributed by atoms with van der Waals surface area (Å²) in [6, 6.07) is 0. The molecular formula is C8H9ClN2O3S2. The Labute approximate surface area is 101 Å². The second-order valence-corrected chi connectivity index (χ2v) is 7.36. The first-order valence-electron chi connectivity index (χ1n) is 4.68. The lowest BCUT2D eigenvalue weighted by Gasteiger charge is -2.23. The molecule has 0 atom stereocenters. The maximum absolute atomic E-state index is 11.5. The second-order valence-electron chi connectivity index (χ2n) is 3.54. The monoisotopic (exact) mass is 280 g/mol. The fraction of sp³-hybridized carbons (Fsp3) is 0.500. The summed E-state index contributed by atoms with van der Waals surface area (Å²) in [4.78, 5) is 15.3. The zero-order valence-electron chi connectivity index (χ0n) is 8.14. The van der Waals surface area contributed by atoms with Gasteiger partial charge in [0.15, 0.2) is 9.34 Å².